The van der Waals surface area contributed by atoms with E-state index >= 15 is 0 Å². The van der Waals surface area contributed by atoms with Gasteiger partial charge in [-0.2, -0.15) is 5.26 Å². The number of para-hydroxylation sites is 1. The Kier molecular flexibility index (Phi) is 5.43. The molecule has 4 nitrogen and oxygen atoms in total. The Bertz CT molecular complexity index is 1020. The van der Waals surface area contributed by atoms with Crippen molar-refractivity contribution in [1.29, 1.82) is 5.26 Å². The third-order valence-electron chi connectivity index (χ3n) is 3.65. The van der Waals surface area contributed by atoms with Gasteiger partial charge >= 0.3 is 0 Å². The van der Waals surface area contributed by atoms with Crippen molar-refractivity contribution in [2.75, 3.05) is 5.32 Å². The van der Waals surface area contributed by atoms with Crippen LogP contribution in [-0.2, 0) is 4.79 Å². The van der Waals surface area contributed by atoms with Crippen molar-refractivity contribution < 1.29 is 4.79 Å². The van der Waals surface area contributed by atoms with E-state index in [1.807, 2.05) is 59.3 Å². The van der Waals surface area contributed by atoms with Crippen molar-refractivity contribution in [3.05, 3.63) is 88.2 Å². The minimum Gasteiger partial charge on any atom is -0.321 e. The Morgan fingerprint density at radius 1 is 1.04 bits per heavy atom. The fraction of sp³-hybridized carbons (Fsp3) is 0. The van der Waals surface area contributed by atoms with Crippen LogP contribution in [0.2, 0.25) is 10.0 Å². The maximum absolute atomic E-state index is 12.4. The zero-order chi connectivity index (χ0) is 18.5. The van der Waals surface area contributed by atoms with Gasteiger partial charge in [-0.25, -0.2) is 0 Å². The molecule has 0 atom stereocenters. The van der Waals surface area contributed by atoms with Crippen LogP contribution in [-0.4, -0.2) is 10.5 Å². The highest BCUT2D eigenvalue weighted by atomic mass is 35.5. The molecular formula is C20H13Cl2N3O. The minimum atomic E-state index is -0.522. The molecule has 26 heavy (non-hydrogen) atoms. The van der Waals surface area contributed by atoms with Gasteiger partial charge in [-0.05, 0) is 48.5 Å². The summed E-state index contributed by atoms with van der Waals surface area (Å²) in [6.45, 7) is 0. The highest BCUT2D eigenvalue weighted by Gasteiger charge is 2.12. The minimum absolute atomic E-state index is 0.0213. The number of amides is 1. The summed E-state index contributed by atoms with van der Waals surface area (Å²) in [6, 6.07) is 20.0. The molecule has 0 aliphatic rings. The van der Waals surface area contributed by atoms with Crippen LogP contribution in [0.1, 0.15) is 5.69 Å². The van der Waals surface area contributed by atoms with Crippen LogP contribution in [0.4, 0.5) is 5.69 Å². The quantitative estimate of drug-likeness (QED) is 0.490. The van der Waals surface area contributed by atoms with Gasteiger partial charge in [0.15, 0.2) is 0 Å². The zero-order valence-corrected chi connectivity index (χ0v) is 15.0. The second-order valence-electron chi connectivity index (χ2n) is 5.39. The Balaban J connectivity index is 1.87. The predicted octanol–water partition coefficient (Wildman–Crippen LogP) is 5.33. The van der Waals surface area contributed by atoms with Crippen LogP contribution >= 0.6 is 23.2 Å². The van der Waals surface area contributed by atoms with E-state index in [0.717, 1.165) is 11.4 Å². The molecule has 0 spiro atoms. The SMILES string of the molecule is N#C/C(=C/c1cccn1-c1ccccc1)C(=O)Nc1ccc(Cl)c(Cl)c1. The molecule has 1 amide bonds. The first-order chi connectivity index (χ1) is 12.6. The topological polar surface area (TPSA) is 57.8 Å². The van der Waals surface area contributed by atoms with E-state index in [4.69, 9.17) is 23.2 Å². The van der Waals surface area contributed by atoms with Crippen molar-refractivity contribution in [3.8, 4) is 11.8 Å². The van der Waals surface area contributed by atoms with Gasteiger partial charge in [0.1, 0.15) is 11.6 Å². The Hall–Kier alpha value is -3.00. The van der Waals surface area contributed by atoms with E-state index in [-0.39, 0.29) is 5.57 Å². The molecule has 128 valence electrons. The number of nitrogens with zero attached hydrogens (tertiary/aromatic N) is 2. The van der Waals surface area contributed by atoms with Gasteiger partial charge in [0.05, 0.1) is 10.0 Å². The average Bonchev–Trinajstić information content (AvgIpc) is 3.11. The van der Waals surface area contributed by atoms with Gasteiger partial charge in [0, 0.05) is 23.3 Å². The number of nitrogens with one attached hydrogen (secondary N) is 1. The maximum atomic E-state index is 12.4. The number of carbonyl (C=O) groups excluding carboxylic acids is 1. The first-order valence-electron chi connectivity index (χ1n) is 7.69. The van der Waals surface area contributed by atoms with E-state index in [2.05, 4.69) is 5.32 Å². The average molecular weight is 382 g/mol. The summed E-state index contributed by atoms with van der Waals surface area (Å²) in [6.07, 6.45) is 3.41. The molecule has 1 N–H and O–H groups in total. The number of halogens is 2. The van der Waals surface area contributed by atoms with Gasteiger partial charge in [-0.15, -0.1) is 0 Å². The number of hydrogen-bond donors (Lipinski definition) is 1. The number of hydrogen-bond acceptors (Lipinski definition) is 2. The highest BCUT2D eigenvalue weighted by Crippen LogP contribution is 2.25. The Morgan fingerprint density at radius 2 is 1.81 bits per heavy atom. The molecule has 0 bridgehead atoms. The first kappa shape index (κ1) is 17.8. The number of rotatable bonds is 4. The number of nitriles is 1. The highest BCUT2D eigenvalue weighted by molar-refractivity contribution is 6.42. The monoisotopic (exact) mass is 381 g/mol. The van der Waals surface area contributed by atoms with E-state index in [0.29, 0.717) is 15.7 Å². The van der Waals surface area contributed by atoms with E-state index < -0.39 is 5.91 Å². The lowest BCUT2D eigenvalue weighted by atomic mass is 10.2. The fourth-order valence-corrected chi connectivity index (χ4v) is 2.70. The van der Waals surface area contributed by atoms with Crippen LogP contribution < -0.4 is 5.32 Å². The summed E-state index contributed by atoms with van der Waals surface area (Å²) in [5.41, 5.74) is 2.10. The molecule has 1 heterocycles. The van der Waals surface area contributed by atoms with Crippen LogP contribution in [0.5, 0.6) is 0 Å². The number of anilines is 1. The number of aromatic nitrogens is 1. The van der Waals surface area contributed by atoms with Crippen molar-refractivity contribution in [1.82, 2.24) is 4.57 Å². The zero-order valence-electron chi connectivity index (χ0n) is 13.5. The number of carbonyl (C=O) groups is 1. The molecule has 3 aromatic rings. The molecule has 3 rings (SSSR count). The number of benzene rings is 2. The van der Waals surface area contributed by atoms with E-state index in [1.54, 1.807) is 18.2 Å². The molecular weight excluding hydrogens is 369 g/mol. The van der Waals surface area contributed by atoms with Gasteiger partial charge in [0.25, 0.3) is 5.91 Å². The first-order valence-corrected chi connectivity index (χ1v) is 8.45. The van der Waals surface area contributed by atoms with Crippen LogP contribution in [0.15, 0.2) is 72.4 Å². The third-order valence-corrected chi connectivity index (χ3v) is 4.39. The molecule has 0 aliphatic heterocycles. The second-order valence-corrected chi connectivity index (χ2v) is 6.21. The molecule has 0 fully saturated rings. The predicted molar refractivity (Wildman–Crippen MR) is 104 cm³/mol. The Morgan fingerprint density at radius 3 is 2.50 bits per heavy atom. The summed E-state index contributed by atoms with van der Waals surface area (Å²) in [4.78, 5) is 12.4. The van der Waals surface area contributed by atoms with Crippen molar-refractivity contribution in [2.24, 2.45) is 0 Å². The fourth-order valence-electron chi connectivity index (χ4n) is 2.40. The molecule has 0 aliphatic carbocycles. The lowest BCUT2D eigenvalue weighted by Crippen LogP contribution is -2.13. The van der Waals surface area contributed by atoms with Crippen LogP contribution in [0.25, 0.3) is 11.8 Å². The smallest absolute Gasteiger partial charge is 0.266 e. The van der Waals surface area contributed by atoms with Gasteiger partial charge in [0.2, 0.25) is 0 Å². The van der Waals surface area contributed by atoms with Gasteiger partial charge in [-0.1, -0.05) is 41.4 Å². The maximum Gasteiger partial charge on any atom is 0.266 e. The van der Waals surface area contributed by atoms with Gasteiger partial charge in [-0.3, -0.25) is 4.79 Å². The largest absolute Gasteiger partial charge is 0.321 e. The normalized spacial score (nSPS) is 11.0. The van der Waals surface area contributed by atoms with Crippen LogP contribution in [0, 0.1) is 11.3 Å². The van der Waals surface area contributed by atoms with E-state index in [9.17, 15) is 10.1 Å². The summed E-state index contributed by atoms with van der Waals surface area (Å²) in [5.74, 6) is -0.522. The summed E-state index contributed by atoms with van der Waals surface area (Å²) >= 11 is 11.8. The molecule has 0 radical (unpaired) electrons. The summed E-state index contributed by atoms with van der Waals surface area (Å²) in [7, 11) is 0. The molecule has 0 unspecified atom stereocenters. The molecule has 0 saturated carbocycles. The standard InChI is InChI=1S/C20H13Cl2N3O/c21-18-9-8-15(12-19(18)22)24-20(26)14(13-23)11-17-7-4-10-25(17)16-5-2-1-3-6-16/h1-12H,(H,24,26)/b14-11-. The molecule has 6 heteroatoms. The van der Waals surface area contributed by atoms with E-state index in [1.165, 1.54) is 6.07 Å². The van der Waals surface area contributed by atoms with Crippen molar-refractivity contribution >= 4 is 40.9 Å². The summed E-state index contributed by atoms with van der Waals surface area (Å²) < 4.78 is 1.89. The van der Waals surface area contributed by atoms with Crippen LogP contribution in [0.3, 0.4) is 0 Å². The second kappa shape index (κ2) is 7.92. The van der Waals surface area contributed by atoms with Gasteiger partial charge < -0.3 is 9.88 Å². The van der Waals surface area contributed by atoms with Crippen molar-refractivity contribution in [2.45, 2.75) is 0 Å². The summed E-state index contributed by atoms with van der Waals surface area (Å²) in [5, 5.41) is 12.8. The third kappa shape index (κ3) is 3.97. The lowest BCUT2D eigenvalue weighted by molar-refractivity contribution is -0.112. The molecule has 1 aromatic heterocycles. The molecule has 0 saturated heterocycles. The van der Waals surface area contributed by atoms with Crippen molar-refractivity contribution in [3.63, 3.8) is 0 Å². The lowest BCUT2D eigenvalue weighted by Gasteiger charge is -2.08. The molecule has 2 aromatic carbocycles. The Labute approximate surface area is 160 Å².